The molecular formula is C9H19N2O. The van der Waals surface area contributed by atoms with Crippen molar-refractivity contribution in [3.8, 4) is 0 Å². The molecule has 0 aliphatic carbocycles. The summed E-state index contributed by atoms with van der Waals surface area (Å²) in [5.41, 5.74) is 6.57. The summed E-state index contributed by atoms with van der Waals surface area (Å²) >= 11 is 0. The second-order valence-corrected chi connectivity index (χ2v) is 3.02. The predicted octanol–water partition coefficient (Wildman–Crippen LogP) is 2.34. The number of carbonyl (C=O) groups excluding carboxylic acids is 1. The SMILES string of the molecule is CCCCCCCCNC([NH])=O. The third kappa shape index (κ3) is 9.27. The molecule has 0 saturated carbocycles. The fraction of sp³-hybridized carbons (Fsp3) is 0.889. The standard InChI is InChI=1S/C9H19N2O/c1-2-3-4-5-6-7-8-11-9(10)12/h10H,2-8H2,1H3,(H,11,12). The third-order valence-electron chi connectivity index (χ3n) is 1.82. The second-order valence-electron chi connectivity index (χ2n) is 3.02. The first kappa shape index (κ1) is 11.3. The first-order valence-electron chi connectivity index (χ1n) is 4.76. The number of amides is 2. The van der Waals surface area contributed by atoms with E-state index in [1.807, 2.05) is 0 Å². The minimum absolute atomic E-state index is 0.661. The minimum Gasteiger partial charge on any atom is -0.337 e. The maximum atomic E-state index is 10.1. The predicted molar refractivity (Wildman–Crippen MR) is 49.9 cm³/mol. The molecule has 1 radical (unpaired) electrons. The Morgan fingerprint density at radius 2 is 1.75 bits per heavy atom. The van der Waals surface area contributed by atoms with Crippen LogP contribution in [0, 0.1) is 0 Å². The Morgan fingerprint density at radius 3 is 2.33 bits per heavy atom. The average Bonchev–Trinajstić information content (AvgIpc) is 2.02. The summed E-state index contributed by atoms with van der Waals surface area (Å²) in [6.45, 7) is 2.86. The molecule has 0 spiro atoms. The lowest BCUT2D eigenvalue weighted by Crippen LogP contribution is -2.23. The molecule has 3 heteroatoms. The number of urea groups is 1. The molecule has 0 bridgehead atoms. The zero-order chi connectivity index (χ0) is 9.23. The summed E-state index contributed by atoms with van der Waals surface area (Å²) in [5.74, 6) is 0. The van der Waals surface area contributed by atoms with Crippen LogP contribution >= 0.6 is 0 Å². The normalized spacial score (nSPS) is 9.75. The van der Waals surface area contributed by atoms with Crippen molar-refractivity contribution in [2.75, 3.05) is 6.54 Å². The molecule has 12 heavy (non-hydrogen) atoms. The highest BCUT2D eigenvalue weighted by molar-refractivity contribution is 5.70. The van der Waals surface area contributed by atoms with Crippen LogP contribution in [0.3, 0.4) is 0 Å². The largest absolute Gasteiger partial charge is 0.337 e. The van der Waals surface area contributed by atoms with Gasteiger partial charge in [0.1, 0.15) is 0 Å². The number of hydrogen-bond acceptors (Lipinski definition) is 1. The molecule has 71 valence electrons. The Kier molecular flexibility index (Phi) is 7.86. The topological polar surface area (TPSA) is 52.9 Å². The van der Waals surface area contributed by atoms with Gasteiger partial charge in [-0.15, -0.1) is 0 Å². The van der Waals surface area contributed by atoms with Crippen molar-refractivity contribution in [1.29, 1.82) is 0 Å². The molecule has 0 aliphatic rings. The highest BCUT2D eigenvalue weighted by Gasteiger charge is 1.92. The highest BCUT2D eigenvalue weighted by atomic mass is 16.2. The molecule has 0 unspecified atom stereocenters. The van der Waals surface area contributed by atoms with Gasteiger partial charge in [-0.25, -0.2) is 10.5 Å². The van der Waals surface area contributed by atoms with Gasteiger partial charge in [-0.3, -0.25) is 0 Å². The average molecular weight is 171 g/mol. The van der Waals surface area contributed by atoms with Crippen LogP contribution in [0.4, 0.5) is 4.79 Å². The van der Waals surface area contributed by atoms with E-state index in [0.717, 1.165) is 6.42 Å². The maximum Gasteiger partial charge on any atom is 0.333 e. The van der Waals surface area contributed by atoms with Crippen LogP contribution in [-0.2, 0) is 0 Å². The van der Waals surface area contributed by atoms with Gasteiger partial charge >= 0.3 is 6.03 Å². The Hall–Kier alpha value is -0.730. The summed E-state index contributed by atoms with van der Waals surface area (Å²) in [4.78, 5) is 10.1. The molecule has 3 nitrogen and oxygen atoms in total. The van der Waals surface area contributed by atoms with Gasteiger partial charge in [0.15, 0.2) is 0 Å². The Labute approximate surface area is 74.7 Å². The van der Waals surface area contributed by atoms with Crippen molar-refractivity contribution < 1.29 is 4.79 Å². The van der Waals surface area contributed by atoms with Crippen molar-refractivity contribution in [3.63, 3.8) is 0 Å². The Balaban J connectivity index is 2.86. The lowest BCUT2D eigenvalue weighted by molar-refractivity contribution is 0.247. The molecule has 0 aromatic carbocycles. The molecule has 2 amide bonds. The third-order valence-corrected chi connectivity index (χ3v) is 1.82. The summed E-state index contributed by atoms with van der Waals surface area (Å²) in [6, 6.07) is -0.663. The first-order chi connectivity index (χ1) is 5.77. The minimum atomic E-state index is -0.663. The van der Waals surface area contributed by atoms with Crippen molar-refractivity contribution >= 4 is 6.03 Å². The van der Waals surface area contributed by atoms with E-state index >= 15 is 0 Å². The van der Waals surface area contributed by atoms with E-state index in [1.165, 1.54) is 32.1 Å². The van der Waals surface area contributed by atoms with Crippen LogP contribution in [0.1, 0.15) is 45.4 Å². The Bertz CT molecular complexity index is 115. The van der Waals surface area contributed by atoms with Gasteiger partial charge in [0, 0.05) is 6.54 Å². The zero-order valence-electron chi connectivity index (χ0n) is 7.86. The van der Waals surface area contributed by atoms with E-state index in [2.05, 4.69) is 12.2 Å². The summed E-state index contributed by atoms with van der Waals surface area (Å²) in [5, 5.41) is 2.46. The van der Waals surface area contributed by atoms with Gasteiger partial charge in [0.25, 0.3) is 0 Å². The van der Waals surface area contributed by atoms with Gasteiger partial charge in [-0.2, -0.15) is 0 Å². The van der Waals surface area contributed by atoms with Crippen molar-refractivity contribution in [3.05, 3.63) is 0 Å². The van der Waals surface area contributed by atoms with E-state index in [1.54, 1.807) is 0 Å². The van der Waals surface area contributed by atoms with Crippen LogP contribution in [-0.4, -0.2) is 12.6 Å². The van der Waals surface area contributed by atoms with E-state index in [0.29, 0.717) is 6.54 Å². The van der Waals surface area contributed by atoms with Crippen molar-refractivity contribution in [2.45, 2.75) is 45.4 Å². The summed E-state index contributed by atoms with van der Waals surface area (Å²) < 4.78 is 0. The number of nitrogens with one attached hydrogen (secondary N) is 2. The molecule has 0 aliphatic heterocycles. The lowest BCUT2D eigenvalue weighted by atomic mass is 10.1. The van der Waals surface area contributed by atoms with Crippen LogP contribution in [0.25, 0.3) is 0 Å². The van der Waals surface area contributed by atoms with Gasteiger partial charge in [-0.1, -0.05) is 39.0 Å². The maximum absolute atomic E-state index is 10.1. The molecule has 0 fully saturated rings. The quantitative estimate of drug-likeness (QED) is 0.587. The fourth-order valence-corrected chi connectivity index (χ4v) is 1.11. The van der Waals surface area contributed by atoms with Crippen LogP contribution in [0.15, 0.2) is 0 Å². The van der Waals surface area contributed by atoms with Gasteiger partial charge in [0.05, 0.1) is 0 Å². The molecule has 0 rings (SSSR count). The molecular weight excluding hydrogens is 152 g/mol. The molecule has 0 heterocycles. The smallest absolute Gasteiger partial charge is 0.333 e. The van der Waals surface area contributed by atoms with E-state index < -0.39 is 6.03 Å². The zero-order valence-corrected chi connectivity index (χ0v) is 7.86. The highest BCUT2D eigenvalue weighted by Crippen LogP contribution is 2.03. The van der Waals surface area contributed by atoms with E-state index in [-0.39, 0.29) is 0 Å². The van der Waals surface area contributed by atoms with Crippen molar-refractivity contribution in [1.82, 2.24) is 11.1 Å². The first-order valence-corrected chi connectivity index (χ1v) is 4.76. The lowest BCUT2D eigenvalue weighted by Gasteiger charge is -2.00. The van der Waals surface area contributed by atoms with Gasteiger partial charge in [-0.05, 0) is 6.42 Å². The molecule has 2 N–H and O–H groups in total. The molecule has 0 saturated heterocycles. The summed E-state index contributed by atoms with van der Waals surface area (Å²) in [6.07, 6.45) is 7.30. The summed E-state index contributed by atoms with van der Waals surface area (Å²) in [7, 11) is 0. The number of rotatable bonds is 7. The number of hydrogen-bond donors (Lipinski definition) is 1. The van der Waals surface area contributed by atoms with E-state index in [4.69, 9.17) is 5.73 Å². The second kappa shape index (κ2) is 8.37. The van der Waals surface area contributed by atoms with Crippen molar-refractivity contribution in [2.24, 2.45) is 0 Å². The monoisotopic (exact) mass is 171 g/mol. The van der Waals surface area contributed by atoms with Crippen LogP contribution in [0.5, 0.6) is 0 Å². The number of unbranched alkanes of at least 4 members (excludes halogenated alkanes) is 5. The fourth-order valence-electron chi connectivity index (χ4n) is 1.11. The van der Waals surface area contributed by atoms with Crippen LogP contribution < -0.4 is 11.1 Å². The number of carbonyl (C=O) groups is 1. The van der Waals surface area contributed by atoms with Gasteiger partial charge in [0.2, 0.25) is 0 Å². The van der Waals surface area contributed by atoms with E-state index in [9.17, 15) is 4.79 Å². The van der Waals surface area contributed by atoms with Gasteiger partial charge < -0.3 is 5.32 Å². The molecule has 0 atom stereocenters. The molecule has 0 aromatic rings. The Morgan fingerprint density at radius 1 is 1.17 bits per heavy atom. The van der Waals surface area contributed by atoms with Crippen LogP contribution in [0.2, 0.25) is 0 Å². The molecule has 0 aromatic heterocycles.